The van der Waals surface area contributed by atoms with E-state index in [4.69, 9.17) is 11.6 Å². The lowest BCUT2D eigenvalue weighted by Gasteiger charge is -2.31. The minimum atomic E-state index is -0.449. The molecular weight excluding hydrogens is 225 g/mol. The van der Waals surface area contributed by atoms with Gasteiger partial charge in [-0.05, 0) is 30.5 Å². The van der Waals surface area contributed by atoms with Crippen molar-refractivity contribution in [1.82, 2.24) is 0 Å². The molecule has 1 fully saturated rings. The van der Waals surface area contributed by atoms with Crippen molar-refractivity contribution in [3.63, 3.8) is 0 Å². The molecule has 16 heavy (non-hydrogen) atoms. The average Bonchev–Trinajstić information content (AvgIpc) is 2.33. The van der Waals surface area contributed by atoms with Crippen molar-refractivity contribution >= 4 is 11.6 Å². The molecule has 0 radical (unpaired) electrons. The zero-order valence-electron chi connectivity index (χ0n) is 8.97. The number of hydrogen-bond donors (Lipinski definition) is 0. The monoisotopic (exact) mass is 237 g/mol. The van der Waals surface area contributed by atoms with Crippen LogP contribution >= 0.6 is 11.6 Å². The average molecular weight is 238 g/mol. The molecule has 0 unspecified atom stereocenters. The van der Waals surface area contributed by atoms with Gasteiger partial charge in [-0.3, -0.25) is 0 Å². The third kappa shape index (κ3) is 1.92. The van der Waals surface area contributed by atoms with Gasteiger partial charge in [0.25, 0.3) is 0 Å². The normalized spacial score (nSPS) is 19.1. The van der Waals surface area contributed by atoms with Gasteiger partial charge in [-0.15, -0.1) is 0 Å². The summed E-state index contributed by atoms with van der Waals surface area (Å²) >= 11 is 5.77. The Balaban J connectivity index is 2.40. The topological polar surface area (TPSA) is 23.8 Å². The largest absolute Gasteiger partial charge is 0.205 e. The highest BCUT2D eigenvalue weighted by Crippen LogP contribution is 2.39. The van der Waals surface area contributed by atoms with Crippen LogP contribution in [0.15, 0.2) is 18.2 Å². The van der Waals surface area contributed by atoms with Crippen molar-refractivity contribution < 1.29 is 4.39 Å². The Kier molecular flexibility index (Phi) is 3.16. The van der Waals surface area contributed by atoms with E-state index in [2.05, 4.69) is 6.07 Å². The van der Waals surface area contributed by atoms with E-state index in [-0.39, 0.29) is 5.02 Å². The highest BCUT2D eigenvalue weighted by Gasteiger charge is 2.34. The maximum atomic E-state index is 13.1. The summed E-state index contributed by atoms with van der Waals surface area (Å²) in [6.45, 7) is 0. The molecule has 0 spiro atoms. The van der Waals surface area contributed by atoms with Crippen LogP contribution in [0.1, 0.15) is 37.7 Å². The Morgan fingerprint density at radius 2 is 1.94 bits per heavy atom. The summed E-state index contributed by atoms with van der Waals surface area (Å²) in [4.78, 5) is 0. The summed E-state index contributed by atoms with van der Waals surface area (Å²) in [5.41, 5.74) is 0.413. The molecule has 1 saturated carbocycles. The summed E-state index contributed by atoms with van der Waals surface area (Å²) in [7, 11) is 0. The van der Waals surface area contributed by atoms with Gasteiger partial charge < -0.3 is 0 Å². The van der Waals surface area contributed by atoms with Crippen molar-refractivity contribution in [3.05, 3.63) is 34.6 Å². The molecule has 1 aromatic carbocycles. The number of nitriles is 1. The van der Waals surface area contributed by atoms with Crippen LogP contribution < -0.4 is 0 Å². The molecule has 0 aliphatic heterocycles. The van der Waals surface area contributed by atoms with E-state index < -0.39 is 11.2 Å². The summed E-state index contributed by atoms with van der Waals surface area (Å²) in [6.07, 6.45) is 5.00. The molecule has 1 nitrogen and oxygen atoms in total. The minimum Gasteiger partial charge on any atom is -0.205 e. The maximum Gasteiger partial charge on any atom is 0.141 e. The van der Waals surface area contributed by atoms with E-state index in [0.717, 1.165) is 31.2 Å². The Hall–Kier alpha value is -1.07. The fraction of sp³-hybridized carbons (Fsp3) is 0.462. The van der Waals surface area contributed by atoms with E-state index >= 15 is 0 Å². The van der Waals surface area contributed by atoms with Crippen LogP contribution in [0, 0.1) is 17.1 Å². The fourth-order valence-electron chi connectivity index (χ4n) is 2.41. The second kappa shape index (κ2) is 4.43. The number of rotatable bonds is 1. The minimum absolute atomic E-state index is 0.109. The van der Waals surface area contributed by atoms with Crippen LogP contribution in [0.5, 0.6) is 0 Å². The van der Waals surface area contributed by atoms with Crippen LogP contribution in [0.3, 0.4) is 0 Å². The van der Waals surface area contributed by atoms with E-state index in [0.29, 0.717) is 0 Å². The highest BCUT2D eigenvalue weighted by atomic mass is 35.5. The first kappa shape index (κ1) is 11.4. The summed E-state index contributed by atoms with van der Waals surface area (Å²) in [5.74, 6) is -0.422. The lowest BCUT2D eigenvalue weighted by atomic mass is 9.70. The quantitative estimate of drug-likeness (QED) is 0.718. The lowest BCUT2D eigenvalue weighted by Crippen LogP contribution is -2.27. The van der Waals surface area contributed by atoms with Crippen LogP contribution in [-0.4, -0.2) is 0 Å². The standard InChI is InChI=1S/C13H13ClFN/c14-11-8-10(4-5-12(11)15)13(9-16)6-2-1-3-7-13/h4-5,8H,1-3,6-7H2. The Morgan fingerprint density at radius 3 is 2.50 bits per heavy atom. The fourth-order valence-corrected chi connectivity index (χ4v) is 2.59. The Bertz CT molecular complexity index is 430. The van der Waals surface area contributed by atoms with E-state index in [1.165, 1.54) is 12.5 Å². The Morgan fingerprint density at radius 1 is 1.25 bits per heavy atom. The van der Waals surface area contributed by atoms with Crippen molar-refractivity contribution in [2.75, 3.05) is 0 Å². The molecule has 1 aliphatic rings. The third-order valence-electron chi connectivity index (χ3n) is 3.39. The summed E-state index contributed by atoms with van der Waals surface area (Å²) in [6, 6.07) is 7.04. The van der Waals surface area contributed by atoms with Gasteiger partial charge >= 0.3 is 0 Å². The van der Waals surface area contributed by atoms with E-state index in [1.807, 2.05) is 0 Å². The molecule has 0 bridgehead atoms. The summed E-state index contributed by atoms with van der Waals surface area (Å²) < 4.78 is 13.1. The molecule has 0 aromatic heterocycles. The molecule has 0 heterocycles. The zero-order chi connectivity index (χ0) is 11.6. The number of halogens is 2. The molecule has 0 saturated heterocycles. The van der Waals surface area contributed by atoms with Crippen LogP contribution in [0.4, 0.5) is 4.39 Å². The maximum absolute atomic E-state index is 13.1. The van der Waals surface area contributed by atoms with Gasteiger partial charge in [-0.1, -0.05) is 36.9 Å². The van der Waals surface area contributed by atoms with Crippen LogP contribution in [-0.2, 0) is 5.41 Å². The van der Waals surface area contributed by atoms with Crippen molar-refractivity contribution in [2.45, 2.75) is 37.5 Å². The van der Waals surface area contributed by atoms with Crippen molar-refractivity contribution in [3.8, 4) is 6.07 Å². The van der Waals surface area contributed by atoms with Gasteiger partial charge in [0, 0.05) is 0 Å². The lowest BCUT2D eigenvalue weighted by molar-refractivity contribution is 0.365. The molecular formula is C13H13ClFN. The van der Waals surface area contributed by atoms with E-state index in [9.17, 15) is 9.65 Å². The van der Waals surface area contributed by atoms with Gasteiger partial charge in [-0.2, -0.15) is 5.26 Å². The van der Waals surface area contributed by atoms with Gasteiger partial charge in [0.15, 0.2) is 0 Å². The third-order valence-corrected chi connectivity index (χ3v) is 3.68. The molecule has 2 rings (SSSR count). The molecule has 0 N–H and O–H groups in total. The molecule has 3 heteroatoms. The smallest absolute Gasteiger partial charge is 0.141 e. The van der Waals surface area contributed by atoms with Gasteiger partial charge in [0.1, 0.15) is 5.82 Å². The number of hydrogen-bond acceptors (Lipinski definition) is 1. The Labute approximate surface area is 99.8 Å². The van der Waals surface area contributed by atoms with Crippen molar-refractivity contribution in [2.24, 2.45) is 0 Å². The predicted molar refractivity (Wildman–Crippen MR) is 61.8 cm³/mol. The van der Waals surface area contributed by atoms with Crippen LogP contribution in [0.2, 0.25) is 5.02 Å². The molecule has 1 aromatic rings. The zero-order valence-corrected chi connectivity index (χ0v) is 9.73. The second-order valence-corrected chi connectivity index (χ2v) is 4.79. The van der Waals surface area contributed by atoms with Gasteiger partial charge in [0.2, 0.25) is 0 Å². The van der Waals surface area contributed by atoms with E-state index in [1.54, 1.807) is 12.1 Å². The second-order valence-electron chi connectivity index (χ2n) is 4.38. The predicted octanol–water partition coefficient (Wildman–Crippen LogP) is 4.20. The first-order chi connectivity index (χ1) is 7.68. The molecule has 0 amide bonds. The van der Waals surface area contributed by atoms with Gasteiger partial charge in [0.05, 0.1) is 16.5 Å². The molecule has 84 valence electrons. The first-order valence-electron chi connectivity index (χ1n) is 5.55. The van der Waals surface area contributed by atoms with Gasteiger partial charge in [-0.25, -0.2) is 4.39 Å². The first-order valence-corrected chi connectivity index (χ1v) is 5.92. The number of nitrogens with zero attached hydrogens (tertiary/aromatic N) is 1. The molecule has 1 aliphatic carbocycles. The highest BCUT2D eigenvalue weighted by molar-refractivity contribution is 6.30. The van der Waals surface area contributed by atoms with Crippen LogP contribution in [0.25, 0.3) is 0 Å². The summed E-state index contributed by atoms with van der Waals surface area (Å²) in [5, 5.41) is 9.48. The van der Waals surface area contributed by atoms with Crippen molar-refractivity contribution in [1.29, 1.82) is 5.26 Å². The number of benzene rings is 1. The SMILES string of the molecule is N#CC1(c2ccc(F)c(Cl)c2)CCCCC1. The molecule has 0 atom stereocenters.